The van der Waals surface area contributed by atoms with Gasteiger partial charge < -0.3 is 5.11 Å². The number of hydrogen-bond donors (Lipinski definition) is 2. The summed E-state index contributed by atoms with van der Waals surface area (Å²) in [6.07, 6.45) is 1.69. The third kappa shape index (κ3) is 2.08. The lowest BCUT2D eigenvalue weighted by Gasteiger charge is -2.02. The van der Waals surface area contributed by atoms with Crippen molar-refractivity contribution in [3.05, 3.63) is 34.7 Å². The number of amides is 1. The normalized spacial score (nSPS) is 18.6. The maximum absolute atomic E-state index is 11.6. The molecule has 1 aromatic rings. The first kappa shape index (κ1) is 11.1. The van der Waals surface area contributed by atoms with Crippen LogP contribution in [0.4, 0.5) is 0 Å². The number of nitrogens with two attached hydrogens (primary N) is 1. The van der Waals surface area contributed by atoms with Gasteiger partial charge in [-0.15, -0.1) is 0 Å². The van der Waals surface area contributed by atoms with Gasteiger partial charge in [0.1, 0.15) is 5.75 Å². The highest BCUT2D eigenvalue weighted by Gasteiger charge is 2.29. The minimum absolute atomic E-state index is 0.184. The Balaban J connectivity index is 2.29. The standard InChI is InChI=1S/C10H8N2O2S2/c11-12-9(14)8(16-10(12)15)5-6-1-3-7(13)4-2-6/h1-5,13H,11H2. The second-order valence-electron chi connectivity index (χ2n) is 3.14. The maximum atomic E-state index is 11.6. The van der Waals surface area contributed by atoms with E-state index in [1.165, 1.54) is 0 Å². The Labute approximate surface area is 102 Å². The molecule has 4 nitrogen and oxygen atoms in total. The van der Waals surface area contributed by atoms with Crippen LogP contribution in [0.25, 0.3) is 6.08 Å². The number of phenols is 1. The van der Waals surface area contributed by atoms with E-state index in [2.05, 4.69) is 0 Å². The second-order valence-corrected chi connectivity index (χ2v) is 4.82. The number of hydrazine groups is 1. The first-order chi connectivity index (χ1) is 7.58. The van der Waals surface area contributed by atoms with Crippen molar-refractivity contribution in [3.8, 4) is 5.75 Å². The van der Waals surface area contributed by atoms with Gasteiger partial charge in [0.2, 0.25) is 0 Å². The van der Waals surface area contributed by atoms with Gasteiger partial charge in [0.25, 0.3) is 5.91 Å². The van der Waals surface area contributed by atoms with Gasteiger partial charge in [0, 0.05) is 0 Å². The average molecular weight is 252 g/mol. The zero-order valence-electron chi connectivity index (χ0n) is 8.08. The van der Waals surface area contributed by atoms with E-state index in [-0.39, 0.29) is 11.7 Å². The number of rotatable bonds is 1. The number of thioether (sulfide) groups is 1. The largest absolute Gasteiger partial charge is 0.508 e. The van der Waals surface area contributed by atoms with Crippen molar-refractivity contribution in [2.45, 2.75) is 0 Å². The van der Waals surface area contributed by atoms with E-state index in [0.29, 0.717) is 9.23 Å². The van der Waals surface area contributed by atoms with E-state index in [4.69, 9.17) is 23.2 Å². The van der Waals surface area contributed by atoms with Crippen molar-refractivity contribution in [1.82, 2.24) is 5.01 Å². The monoisotopic (exact) mass is 252 g/mol. The molecular formula is C10H8N2O2S2. The van der Waals surface area contributed by atoms with Crippen LogP contribution in [-0.2, 0) is 4.79 Å². The molecule has 0 spiro atoms. The second kappa shape index (κ2) is 4.25. The van der Waals surface area contributed by atoms with Crippen molar-refractivity contribution in [3.63, 3.8) is 0 Å². The summed E-state index contributed by atoms with van der Waals surface area (Å²) in [7, 11) is 0. The van der Waals surface area contributed by atoms with Crippen LogP contribution in [0.2, 0.25) is 0 Å². The Bertz CT molecular complexity index is 482. The molecule has 0 bridgehead atoms. The Hall–Kier alpha value is -1.37. The fraction of sp³-hybridized carbons (Fsp3) is 0. The first-order valence-electron chi connectivity index (χ1n) is 4.39. The van der Waals surface area contributed by atoms with E-state index in [9.17, 15) is 4.79 Å². The molecule has 1 saturated heterocycles. The van der Waals surface area contributed by atoms with Crippen molar-refractivity contribution in [2.75, 3.05) is 0 Å². The summed E-state index contributed by atoms with van der Waals surface area (Å²) in [6.45, 7) is 0. The van der Waals surface area contributed by atoms with Crippen molar-refractivity contribution in [2.24, 2.45) is 5.84 Å². The number of carbonyl (C=O) groups is 1. The lowest BCUT2D eigenvalue weighted by atomic mass is 10.2. The number of carbonyl (C=O) groups excluding carboxylic acids is 1. The van der Waals surface area contributed by atoms with Crippen LogP contribution in [0.3, 0.4) is 0 Å². The molecule has 0 aliphatic carbocycles. The van der Waals surface area contributed by atoms with Gasteiger partial charge in [-0.1, -0.05) is 36.1 Å². The van der Waals surface area contributed by atoms with E-state index in [1.807, 2.05) is 0 Å². The van der Waals surface area contributed by atoms with Crippen LogP contribution in [0.5, 0.6) is 5.75 Å². The lowest BCUT2D eigenvalue weighted by Crippen LogP contribution is -2.34. The topological polar surface area (TPSA) is 66.6 Å². The molecule has 82 valence electrons. The fourth-order valence-corrected chi connectivity index (χ4v) is 2.30. The highest BCUT2D eigenvalue weighted by atomic mass is 32.2. The van der Waals surface area contributed by atoms with Crippen molar-refractivity contribution in [1.29, 1.82) is 0 Å². The SMILES string of the molecule is NN1C(=O)C(=Cc2ccc(O)cc2)SC1=S. The summed E-state index contributed by atoms with van der Waals surface area (Å²) in [6, 6.07) is 6.51. The number of aromatic hydroxyl groups is 1. The Morgan fingerprint density at radius 2 is 2.00 bits per heavy atom. The van der Waals surface area contributed by atoms with Crippen LogP contribution in [0.1, 0.15) is 5.56 Å². The third-order valence-electron chi connectivity index (χ3n) is 2.01. The molecule has 0 aromatic heterocycles. The number of thiocarbonyl (C=S) groups is 1. The molecule has 1 fully saturated rings. The smallest absolute Gasteiger partial charge is 0.280 e. The fourth-order valence-electron chi connectivity index (χ4n) is 1.20. The summed E-state index contributed by atoms with van der Waals surface area (Å²) >= 11 is 6.06. The Kier molecular flexibility index (Phi) is 2.95. The molecule has 1 amide bonds. The maximum Gasteiger partial charge on any atom is 0.280 e. The molecule has 0 unspecified atom stereocenters. The van der Waals surface area contributed by atoms with E-state index in [1.54, 1.807) is 30.3 Å². The van der Waals surface area contributed by atoms with Crippen molar-refractivity contribution >= 4 is 40.3 Å². The van der Waals surface area contributed by atoms with E-state index in [0.717, 1.165) is 22.3 Å². The average Bonchev–Trinajstić information content (AvgIpc) is 2.50. The molecule has 0 saturated carbocycles. The highest BCUT2D eigenvalue weighted by Crippen LogP contribution is 2.30. The summed E-state index contributed by atoms with van der Waals surface area (Å²) < 4.78 is 0.343. The van der Waals surface area contributed by atoms with Crippen molar-refractivity contribution < 1.29 is 9.90 Å². The molecule has 0 radical (unpaired) electrons. The number of phenolic OH excluding ortho intramolecular Hbond substituents is 1. The molecule has 16 heavy (non-hydrogen) atoms. The van der Waals surface area contributed by atoms with Crippen LogP contribution < -0.4 is 5.84 Å². The molecule has 6 heteroatoms. The minimum atomic E-state index is -0.303. The molecule has 1 heterocycles. The molecule has 1 aromatic carbocycles. The quantitative estimate of drug-likeness (QED) is 0.343. The van der Waals surface area contributed by atoms with Gasteiger partial charge in [-0.2, -0.15) is 0 Å². The molecular weight excluding hydrogens is 244 g/mol. The zero-order chi connectivity index (χ0) is 11.7. The summed E-state index contributed by atoms with van der Waals surface area (Å²) in [4.78, 5) is 12.0. The van der Waals surface area contributed by atoms with E-state index < -0.39 is 0 Å². The highest BCUT2D eigenvalue weighted by molar-refractivity contribution is 8.26. The minimum Gasteiger partial charge on any atom is -0.508 e. The van der Waals surface area contributed by atoms with Gasteiger partial charge in [-0.25, -0.2) is 10.9 Å². The number of hydrogen-bond acceptors (Lipinski definition) is 5. The predicted octanol–water partition coefficient (Wildman–Crippen LogP) is 1.47. The Morgan fingerprint density at radius 3 is 2.50 bits per heavy atom. The zero-order valence-corrected chi connectivity index (χ0v) is 9.72. The molecule has 1 aliphatic heterocycles. The van der Waals surface area contributed by atoms with Gasteiger partial charge in [-0.3, -0.25) is 4.79 Å². The number of nitrogens with zero attached hydrogens (tertiary/aromatic N) is 1. The summed E-state index contributed by atoms with van der Waals surface area (Å²) in [5, 5.41) is 10.1. The van der Waals surface area contributed by atoms with Gasteiger partial charge in [0.15, 0.2) is 4.32 Å². The third-order valence-corrected chi connectivity index (χ3v) is 3.34. The molecule has 0 atom stereocenters. The summed E-state index contributed by atoms with van der Waals surface area (Å²) in [5.74, 6) is 5.31. The van der Waals surface area contributed by atoms with Crippen LogP contribution in [0.15, 0.2) is 29.2 Å². The lowest BCUT2D eigenvalue weighted by molar-refractivity contribution is -0.122. The molecule has 2 rings (SSSR count). The van der Waals surface area contributed by atoms with Gasteiger partial charge in [0.05, 0.1) is 4.91 Å². The summed E-state index contributed by atoms with van der Waals surface area (Å²) in [5.41, 5.74) is 0.812. The van der Waals surface area contributed by atoms with Gasteiger partial charge in [-0.05, 0) is 23.8 Å². The number of benzene rings is 1. The molecule has 3 N–H and O–H groups in total. The van der Waals surface area contributed by atoms with Crippen LogP contribution >= 0.6 is 24.0 Å². The van der Waals surface area contributed by atoms with Crippen LogP contribution in [0, 0.1) is 0 Å². The van der Waals surface area contributed by atoms with E-state index >= 15 is 0 Å². The molecule has 1 aliphatic rings. The van der Waals surface area contributed by atoms with Gasteiger partial charge >= 0.3 is 0 Å². The first-order valence-corrected chi connectivity index (χ1v) is 5.62. The Morgan fingerprint density at radius 1 is 1.38 bits per heavy atom. The van der Waals surface area contributed by atoms with Crippen LogP contribution in [-0.4, -0.2) is 20.3 Å². The predicted molar refractivity (Wildman–Crippen MR) is 67.3 cm³/mol.